The van der Waals surface area contributed by atoms with Gasteiger partial charge in [0.1, 0.15) is 0 Å². The van der Waals surface area contributed by atoms with E-state index in [1.54, 1.807) is 0 Å². The fourth-order valence-electron chi connectivity index (χ4n) is 1.47. The molecule has 4 nitrogen and oxygen atoms in total. The van der Waals surface area contributed by atoms with Crippen molar-refractivity contribution in [3.05, 3.63) is 0 Å². The lowest BCUT2D eigenvalue weighted by molar-refractivity contribution is 0.342. The number of anilines is 2. The summed E-state index contributed by atoms with van der Waals surface area (Å²) in [5.41, 5.74) is 5.81. The van der Waals surface area contributed by atoms with Gasteiger partial charge in [0.2, 0.25) is 0 Å². The molecule has 0 aromatic carbocycles. The topological polar surface area (TPSA) is 51.4 Å². The van der Waals surface area contributed by atoms with Crippen LogP contribution in [0.3, 0.4) is 0 Å². The lowest BCUT2D eigenvalue weighted by Gasteiger charge is -2.25. The Kier molecular flexibility index (Phi) is 5.91. The van der Waals surface area contributed by atoms with Gasteiger partial charge in [-0.05, 0) is 43.8 Å². The van der Waals surface area contributed by atoms with E-state index in [-0.39, 0.29) is 0 Å². The van der Waals surface area contributed by atoms with Crippen molar-refractivity contribution in [2.45, 2.75) is 26.3 Å². The third kappa shape index (κ3) is 3.67. The number of hydrogen-bond donors (Lipinski definition) is 1. The molecule has 0 aliphatic rings. The smallest absolute Gasteiger partial charge is 0.197 e. The van der Waals surface area contributed by atoms with Gasteiger partial charge in [-0.25, -0.2) is 0 Å². The molecular weight excluding hydrogens is 254 g/mol. The number of nitrogen functional groups attached to an aromatic ring is 1. The molecule has 0 aliphatic heterocycles. The number of nitrogens with zero attached hydrogens (tertiary/aromatic N) is 2. The Morgan fingerprint density at radius 1 is 1.59 bits per heavy atom. The van der Waals surface area contributed by atoms with Crippen LogP contribution in [0.2, 0.25) is 0 Å². The molecule has 1 rings (SSSR count). The maximum Gasteiger partial charge on any atom is 0.197 e. The molecule has 0 bridgehead atoms. The Morgan fingerprint density at radius 2 is 2.29 bits per heavy atom. The molecule has 0 saturated carbocycles. The van der Waals surface area contributed by atoms with Crippen LogP contribution in [-0.2, 0) is 0 Å². The minimum Gasteiger partial charge on any atom is -0.487 e. The first kappa shape index (κ1) is 14.4. The first-order valence-corrected chi connectivity index (χ1v) is 7.88. The zero-order valence-corrected chi connectivity index (χ0v) is 12.5. The molecule has 17 heavy (non-hydrogen) atoms. The number of thioether (sulfide) groups is 1. The lowest BCUT2D eigenvalue weighted by atomic mass is 10.2. The number of aromatic nitrogens is 1. The van der Waals surface area contributed by atoms with Gasteiger partial charge in [0.05, 0.1) is 6.61 Å². The third-order valence-corrected chi connectivity index (χ3v) is 4.25. The molecule has 2 N–H and O–H groups in total. The molecule has 1 aromatic rings. The molecule has 0 radical (unpaired) electrons. The van der Waals surface area contributed by atoms with Gasteiger partial charge in [0.25, 0.3) is 0 Å². The fraction of sp³-hybridized carbons (Fsp3) is 0.727. The SMILES string of the molecule is CCOc1c(N)nsc1N(C)C(C)CCSC. The Hall–Kier alpha value is -0.620. The van der Waals surface area contributed by atoms with Crippen LogP contribution in [0.25, 0.3) is 0 Å². The summed E-state index contributed by atoms with van der Waals surface area (Å²) in [4.78, 5) is 2.20. The second-order valence-electron chi connectivity index (χ2n) is 3.88. The van der Waals surface area contributed by atoms with Crippen molar-refractivity contribution in [3.8, 4) is 5.75 Å². The zero-order chi connectivity index (χ0) is 12.8. The molecule has 98 valence electrons. The normalized spacial score (nSPS) is 12.5. The lowest BCUT2D eigenvalue weighted by Crippen LogP contribution is -2.29. The number of hydrogen-bond acceptors (Lipinski definition) is 6. The van der Waals surface area contributed by atoms with Crippen LogP contribution in [-0.4, -0.2) is 36.1 Å². The van der Waals surface area contributed by atoms with Gasteiger partial charge in [-0.1, -0.05) is 0 Å². The molecule has 0 fully saturated rings. The van der Waals surface area contributed by atoms with Crippen molar-refractivity contribution in [1.29, 1.82) is 0 Å². The van der Waals surface area contributed by atoms with Crippen LogP contribution in [0, 0.1) is 0 Å². The van der Waals surface area contributed by atoms with Gasteiger partial charge in [-0.15, -0.1) is 0 Å². The highest BCUT2D eigenvalue weighted by atomic mass is 32.2. The molecule has 1 aromatic heterocycles. The highest BCUT2D eigenvalue weighted by Gasteiger charge is 2.19. The highest BCUT2D eigenvalue weighted by molar-refractivity contribution is 7.98. The maximum absolute atomic E-state index is 5.81. The quantitative estimate of drug-likeness (QED) is 0.829. The summed E-state index contributed by atoms with van der Waals surface area (Å²) >= 11 is 3.27. The second-order valence-corrected chi connectivity index (χ2v) is 5.61. The molecule has 6 heteroatoms. The van der Waals surface area contributed by atoms with E-state index in [2.05, 4.69) is 29.5 Å². The van der Waals surface area contributed by atoms with Crippen molar-refractivity contribution < 1.29 is 4.74 Å². The maximum atomic E-state index is 5.81. The molecule has 0 aliphatic carbocycles. The summed E-state index contributed by atoms with van der Waals surface area (Å²) in [7, 11) is 2.07. The van der Waals surface area contributed by atoms with Crippen LogP contribution >= 0.6 is 23.3 Å². The summed E-state index contributed by atoms with van der Waals surface area (Å²) in [5.74, 6) is 2.38. The first-order valence-electron chi connectivity index (χ1n) is 5.71. The number of ether oxygens (including phenoxy) is 1. The van der Waals surface area contributed by atoms with E-state index < -0.39 is 0 Å². The summed E-state index contributed by atoms with van der Waals surface area (Å²) in [5, 5.41) is 1.03. The van der Waals surface area contributed by atoms with E-state index in [9.17, 15) is 0 Å². The monoisotopic (exact) mass is 275 g/mol. The van der Waals surface area contributed by atoms with Crippen molar-refractivity contribution in [3.63, 3.8) is 0 Å². The zero-order valence-electron chi connectivity index (χ0n) is 10.9. The number of nitrogens with two attached hydrogens (primary N) is 1. The summed E-state index contributed by atoms with van der Waals surface area (Å²) in [6, 6.07) is 0.460. The Morgan fingerprint density at radius 3 is 2.88 bits per heavy atom. The molecule has 1 unspecified atom stereocenters. The number of rotatable bonds is 7. The van der Waals surface area contributed by atoms with Crippen molar-refractivity contribution in [2.24, 2.45) is 0 Å². The average molecular weight is 275 g/mol. The van der Waals surface area contributed by atoms with Crippen LogP contribution < -0.4 is 15.4 Å². The Balaban J connectivity index is 2.76. The summed E-state index contributed by atoms with van der Waals surface area (Å²) in [6.07, 6.45) is 3.27. The van der Waals surface area contributed by atoms with Crippen molar-refractivity contribution >= 4 is 34.1 Å². The average Bonchev–Trinajstić information content (AvgIpc) is 2.68. The van der Waals surface area contributed by atoms with E-state index in [0.717, 1.165) is 22.9 Å². The van der Waals surface area contributed by atoms with Crippen LogP contribution in [0.5, 0.6) is 5.75 Å². The van der Waals surface area contributed by atoms with Crippen LogP contribution in [0.15, 0.2) is 0 Å². The Bertz CT molecular complexity index is 343. The highest BCUT2D eigenvalue weighted by Crippen LogP contribution is 2.38. The van der Waals surface area contributed by atoms with Crippen LogP contribution in [0.4, 0.5) is 10.8 Å². The molecular formula is C11H21N3OS2. The minimum absolute atomic E-state index is 0.460. The molecule has 1 atom stereocenters. The standard InChI is InChI=1S/C11H21N3OS2/c1-5-15-9-10(12)13-17-11(9)14(3)8(2)6-7-16-4/h8H,5-7H2,1-4H3,(H2,12,13). The van der Waals surface area contributed by atoms with E-state index in [4.69, 9.17) is 10.5 Å². The molecule has 0 saturated heterocycles. The van der Waals surface area contributed by atoms with E-state index >= 15 is 0 Å². The van der Waals surface area contributed by atoms with E-state index in [0.29, 0.717) is 18.5 Å². The predicted molar refractivity (Wildman–Crippen MR) is 78.6 cm³/mol. The summed E-state index contributed by atoms with van der Waals surface area (Å²) < 4.78 is 9.73. The minimum atomic E-state index is 0.460. The van der Waals surface area contributed by atoms with Gasteiger partial charge >= 0.3 is 0 Å². The van der Waals surface area contributed by atoms with Gasteiger partial charge in [0, 0.05) is 13.1 Å². The van der Waals surface area contributed by atoms with Crippen molar-refractivity contribution in [2.75, 3.05) is 36.3 Å². The predicted octanol–water partition coefficient (Wildman–Crippen LogP) is 2.70. The third-order valence-electron chi connectivity index (χ3n) is 2.67. The van der Waals surface area contributed by atoms with E-state index in [1.165, 1.54) is 11.5 Å². The van der Waals surface area contributed by atoms with E-state index in [1.807, 2.05) is 18.7 Å². The van der Waals surface area contributed by atoms with Gasteiger partial charge in [-0.2, -0.15) is 16.1 Å². The van der Waals surface area contributed by atoms with Crippen LogP contribution in [0.1, 0.15) is 20.3 Å². The molecule has 1 heterocycles. The van der Waals surface area contributed by atoms with Crippen molar-refractivity contribution in [1.82, 2.24) is 4.37 Å². The fourth-order valence-corrected chi connectivity index (χ4v) is 2.87. The largest absolute Gasteiger partial charge is 0.487 e. The second kappa shape index (κ2) is 6.96. The van der Waals surface area contributed by atoms with Gasteiger partial charge in [-0.3, -0.25) is 0 Å². The van der Waals surface area contributed by atoms with Gasteiger partial charge < -0.3 is 15.4 Å². The molecule has 0 amide bonds. The summed E-state index contributed by atoms with van der Waals surface area (Å²) in [6.45, 7) is 4.78. The first-order chi connectivity index (χ1) is 8.11. The Labute approximate surface area is 112 Å². The van der Waals surface area contributed by atoms with Gasteiger partial charge in [0.15, 0.2) is 16.6 Å². The molecule has 0 spiro atoms.